The van der Waals surface area contributed by atoms with Crippen LogP contribution in [0.5, 0.6) is 0 Å². The number of sulfonamides is 1. The first-order valence-corrected chi connectivity index (χ1v) is 10.4. The number of carbonyl (C=O) groups is 1. The van der Waals surface area contributed by atoms with E-state index in [9.17, 15) is 13.2 Å². The van der Waals surface area contributed by atoms with Gasteiger partial charge in [-0.05, 0) is 36.4 Å². The molecule has 0 aliphatic carbocycles. The lowest BCUT2D eigenvalue weighted by Crippen LogP contribution is -2.35. The normalized spacial score (nSPS) is 11.7. The first-order chi connectivity index (χ1) is 14.4. The van der Waals surface area contributed by atoms with Crippen molar-refractivity contribution in [1.29, 1.82) is 0 Å². The average Bonchev–Trinajstić information content (AvgIpc) is 3.19. The van der Waals surface area contributed by atoms with Crippen molar-refractivity contribution in [2.24, 2.45) is 0 Å². The number of nitrogens with one attached hydrogen (secondary N) is 1. The summed E-state index contributed by atoms with van der Waals surface area (Å²) in [6.45, 7) is -0.342. The molecule has 0 atom stereocenters. The lowest BCUT2D eigenvalue weighted by atomic mass is 10.3. The van der Waals surface area contributed by atoms with E-state index in [0.29, 0.717) is 11.5 Å². The summed E-state index contributed by atoms with van der Waals surface area (Å²) in [5.41, 5.74) is 2.24. The van der Waals surface area contributed by atoms with Crippen LogP contribution in [0.15, 0.2) is 78.3 Å². The predicted molar refractivity (Wildman–Crippen MR) is 112 cm³/mol. The Bertz CT molecular complexity index is 1290. The standard InChI is InChI=1S/C20H18N6O3S/c1-25(30(28,29)16-5-4-10-21-12-16)13-20(27)24-15-8-9-19(22-11-15)26-14-23-17-6-2-3-7-18(17)26/h2-12,14H,13H2,1H3,(H,24,27). The minimum Gasteiger partial charge on any atom is -0.324 e. The topological polar surface area (TPSA) is 110 Å². The van der Waals surface area contributed by atoms with Crippen molar-refractivity contribution in [2.45, 2.75) is 4.90 Å². The highest BCUT2D eigenvalue weighted by molar-refractivity contribution is 7.89. The zero-order chi connectivity index (χ0) is 21.1. The molecule has 0 radical (unpaired) electrons. The largest absolute Gasteiger partial charge is 0.324 e. The van der Waals surface area contributed by atoms with E-state index >= 15 is 0 Å². The number of imidazole rings is 1. The second-order valence-electron chi connectivity index (χ2n) is 6.51. The number of fused-ring (bicyclic) bond motifs is 1. The second-order valence-corrected chi connectivity index (χ2v) is 8.55. The number of hydrogen-bond donors (Lipinski definition) is 1. The number of nitrogens with zero attached hydrogens (tertiary/aromatic N) is 5. The van der Waals surface area contributed by atoms with Gasteiger partial charge < -0.3 is 5.32 Å². The molecule has 0 spiro atoms. The Morgan fingerprint density at radius 3 is 2.63 bits per heavy atom. The first-order valence-electron chi connectivity index (χ1n) is 9.00. The van der Waals surface area contributed by atoms with E-state index < -0.39 is 15.9 Å². The molecule has 3 aromatic heterocycles. The van der Waals surface area contributed by atoms with Crippen LogP contribution >= 0.6 is 0 Å². The summed E-state index contributed by atoms with van der Waals surface area (Å²) in [5, 5.41) is 2.66. The predicted octanol–water partition coefficient (Wildman–Crippen LogP) is 2.07. The third kappa shape index (κ3) is 3.91. The van der Waals surface area contributed by atoms with Crippen LogP contribution in [0, 0.1) is 0 Å². The molecule has 152 valence electrons. The molecule has 1 amide bonds. The van der Waals surface area contributed by atoms with E-state index in [-0.39, 0.29) is 11.4 Å². The second kappa shape index (κ2) is 8.01. The van der Waals surface area contributed by atoms with Crippen LogP contribution in [-0.2, 0) is 14.8 Å². The molecule has 10 heteroatoms. The third-order valence-corrected chi connectivity index (χ3v) is 6.23. The fraction of sp³-hybridized carbons (Fsp3) is 0.100. The molecule has 1 N–H and O–H groups in total. The molecule has 4 rings (SSSR count). The Kier molecular flexibility index (Phi) is 5.25. The number of carbonyl (C=O) groups excluding carboxylic acids is 1. The Hall–Kier alpha value is -3.63. The van der Waals surface area contributed by atoms with Gasteiger partial charge in [0, 0.05) is 19.4 Å². The maximum absolute atomic E-state index is 12.5. The van der Waals surface area contributed by atoms with Crippen LogP contribution in [0.4, 0.5) is 5.69 Å². The van der Waals surface area contributed by atoms with Gasteiger partial charge in [0.2, 0.25) is 15.9 Å². The van der Waals surface area contributed by atoms with Gasteiger partial charge in [0.15, 0.2) is 0 Å². The van der Waals surface area contributed by atoms with E-state index in [1.165, 1.54) is 37.8 Å². The Morgan fingerprint density at radius 2 is 1.90 bits per heavy atom. The zero-order valence-electron chi connectivity index (χ0n) is 16.0. The summed E-state index contributed by atoms with van der Waals surface area (Å²) in [7, 11) is -2.46. The highest BCUT2D eigenvalue weighted by Gasteiger charge is 2.23. The Labute approximate surface area is 173 Å². The van der Waals surface area contributed by atoms with Crippen molar-refractivity contribution in [3.05, 3.63) is 73.4 Å². The molecule has 4 aromatic rings. The van der Waals surface area contributed by atoms with Crippen LogP contribution in [-0.4, -0.2) is 51.7 Å². The molecule has 9 nitrogen and oxygen atoms in total. The van der Waals surface area contributed by atoms with E-state index in [0.717, 1.165) is 15.3 Å². The molecule has 0 bridgehead atoms. The average molecular weight is 422 g/mol. The summed E-state index contributed by atoms with van der Waals surface area (Å²) >= 11 is 0. The maximum Gasteiger partial charge on any atom is 0.244 e. The number of likely N-dealkylation sites (N-methyl/N-ethyl adjacent to an activating group) is 1. The van der Waals surface area contributed by atoms with E-state index in [4.69, 9.17) is 0 Å². The fourth-order valence-corrected chi connectivity index (χ4v) is 4.00. The first kappa shape index (κ1) is 19.7. The molecule has 0 fully saturated rings. The highest BCUT2D eigenvalue weighted by atomic mass is 32.2. The van der Waals surface area contributed by atoms with Gasteiger partial charge in [0.05, 0.1) is 29.5 Å². The Balaban J connectivity index is 1.44. The summed E-state index contributed by atoms with van der Waals surface area (Å²) in [4.78, 5) is 24.8. The van der Waals surface area contributed by atoms with Gasteiger partial charge in [0.1, 0.15) is 17.0 Å². The molecule has 3 heterocycles. The number of anilines is 1. The lowest BCUT2D eigenvalue weighted by molar-refractivity contribution is -0.116. The van der Waals surface area contributed by atoms with Gasteiger partial charge >= 0.3 is 0 Å². The van der Waals surface area contributed by atoms with Crippen LogP contribution in [0.3, 0.4) is 0 Å². The molecule has 30 heavy (non-hydrogen) atoms. The fourth-order valence-electron chi connectivity index (χ4n) is 2.91. The van der Waals surface area contributed by atoms with Gasteiger partial charge in [-0.15, -0.1) is 0 Å². The van der Waals surface area contributed by atoms with Crippen LogP contribution in [0.2, 0.25) is 0 Å². The number of pyridine rings is 2. The summed E-state index contributed by atoms with van der Waals surface area (Å²) in [5.74, 6) is 0.172. The van der Waals surface area contributed by atoms with E-state index in [1.54, 1.807) is 18.5 Å². The molecule has 0 aliphatic heterocycles. The zero-order valence-corrected chi connectivity index (χ0v) is 16.8. The minimum absolute atomic E-state index is 0.0267. The van der Waals surface area contributed by atoms with Crippen LogP contribution in [0.25, 0.3) is 16.9 Å². The van der Waals surface area contributed by atoms with E-state index in [2.05, 4.69) is 20.3 Å². The Morgan fingerprint density at radius 1 is 1.07 bits per heavy atom. The highest BCUT2D eigenvalue weighted by Crippen LogP contribution is 2.18. The van der Waals surface area contributed by atoms with E-state index in [1.807, 2.05) is 28.8 Å². The minimum atomic E-state index is -3.80. The van der Waals surface area contributed by atoms with Crippen molar-refractivity contribution >= 4 is 32.7 Å². The summed E-state index contributed by atoms with van der Waals surface area (Å²) in [6.07, 6.45) is 5.92. The molecule has 0 aliphatic rings. The van der Waals surface area contributed by atoms with Gasteiger partial charge in [0.25, 0.3) is 0 Å². The summed E-state index contributed by atoms with van der Waals surface area (Å²) < 4.78 is 27.8. The number of para-hydroxylation sites is 2. The van der Waals surface area contributed by atoms with Gasteiger partial charge in [-0.2, -0.15) is 4.31 Å². The van der Waals surface area contributed by atoms with Crippen molar-refractivity contribution < 1.29 is 13.2 Å². The number of hydrogen-bond acceptors (Lipinski definition) is 6. The van der Waals surface area contributed by atoms with Crippen molar-refractivity contribution in [3.8, 4) is 5.82 Å². The monoisotopic (exact) mass is 422 g/mol. The quantitative estimate of drug-likeness (QED) is 0.509. The molecule has 0 saturated carbocycles. The third-order valence-electron chi connectivity index (χ3n) is 4.44. The van der Waals surface area contributed by atoms with Gasteiger partial charge in [-0.25, -0.2) is 18.4 Å². The smallest absolute Gasteiger partial charge is 0.244 e. The van der Waals surface area contributed by atoms with Crippen molar-refractivity contribution in [1.82, 2.24) is 23.8 Å². The van der Waals surface area contributed by atoms with Crippen molar-refractivity contribution in [2.75, 3.05) is 18.9 Å². The molecular weight excluding hydrogens is 404 g/mol. The SMILES string of the molecule is CN(CC(=O)Nc1ccc(-n2cnc3ccccc32)nc1)S(=O)(=O)c1cccnc1. The van der Waals surface area contributed by atoms with Crippen LogP contribution < -0.4 is 5.32 Å². The summed E-state index contributed by atoms with van der Waals surface area (Å²) in [6, 6.07) is 14.1. The van der Waals surface area contributed by atoms with Gasteiger partial charge in [-0.1, -0.05) is 12.1 Å². The number of amides is 1. The molecule has 0 unspecified atom stereocenters. The molecular formula is C20H18N6O3S. The number of rotatable bonds is 6. The maximum atomic E-state index is 12.5. The molecule has 0 saturated heterocycles. The number of aromatic nitrogens is 4. The number of benzene rings is 1. The molecule has 1 aromatic carbocycles. The van der Waals surface area contributed by atoms with Gasteiger partial charge in [-0.3, -0.25) is 14.3 Å². The van der Waals surface area contributed by atoms with Crippen molar-refractivity contribution in [3.63, 3.8) is 0 Å². The lowest BCUT2D eigenvalue weighted by Gasteiger charge is -2.16. The van der Waals surface area contributed by atoms with Crippen LogP contribution in [0.1, 0.15) is 0 Å².